The topological polar surface area (TPSA) is 71.8 Å². The van der Waals surface area contributed by atoms with Crippen molar-refractivity contribution in [2.45, 2.75) is 36.9 Å². The van der Waals surface area contributed by atoms with E-state index in [1.54, 1.807) is 12.1 Å². The summed E-state index contributed by atoms with van der Waals surface area (Å²) in [4.78, 5) is 7.74. The lowest BCUT2D eigenvalue weighted by molar-refractivity contribution is 0.285. The van der Waals surface area contributed by atoms with Gasteiger partial charge in [-0.15, -0.1) is 0 Å². The summed E-state index contributed by atoms with van der Waals surface area (Å²) in [6, 6.07) is 13.6. The van der Waals surface area contributed by atoms with Gasteiger partial charge in [0.25, 0.3) is 0 Å². The van der Waals surface area contributed by atoms with Crippen LogP contribution in [0.3, 0.4) is 0 Å². The Bertz CT molecular complexity index is 1110. The van der Waals surface area contributed by atoms with Crippen LogP contribution in [-0.2, 0) is 11.0 Å². The van der Waals surface area contributed by atoms with E-state index in [2.05, 4.69) is 10.2 Å². The van der Waals surface area contributed by atoms with E-state index in [9.17, 15) is 8.60 Å². The fourth-order valence-electron chi connectivity index (χ4n) is 4.23. The minimum absolute atomic E-state index is 0.0404. The van der Waals surface area contributed by atoms with E-state index in [-0.39, 0.29) is 23.9 Å². The van der Waals surface area contributed by atoms with Crippen LogP contribution >= 0.6 is 11.6 Å². The van der Waals surface area contributed by atoms with Crippen LogP contribution in [0.15, 0.2) is 64.5 Å². The standard InChI is InChI=1S/C25H29ClFN5OS/c1-17(16-28)25-30-23(21-5-3-4-6-22(21)26)15-24(31(25)2)29-19-11-13-32(14-12-19)34(33)20-9-7-18(27)8-10-20/h3-10,15-17,19,25,28,30H,11-14H2,1-2H3. The molecule has 2 N–H and O–H groups in total. The first-order chi connectivity index (χ1) is 16.4. The molecule has 0 spiro atoms. The Hall–Kier alpha value is -2.55. The van der Waals surface area contributed by atoms with Crippen molar-refractivity contribution in [1.29, 1.82) is 5.41 Å². The number of halogens is 2. The Morgan fingerprint density at radius 3 is 2.53 bits per heavy atom. The van der Waals surface area contributed by atoms with E-state index in [1.807, 2.05) is 48.6 Å². The molecule has 0 bridgehead atoms. The smallest absolute Gasteiger partial charge is 0.127 e. The molecule has 3 atom stereocenters. The number of amidine groups is 1. The van der Waals surface area contributed by atoms with Gasteiger partial charge in [0.1, 0.15) is 28.8 Å². The third-order valence-electron chi connectivity index (χ3n) is 6.27. The normalized spacial score (nSPS) is 22.7. The molecular formula is C25H29ClFN5OS. The summed E-state index contributed by atoms with van der Waals surface area (Å²) in [6.07, 6.45) is 4.87. The number of aliphatic imine (C=N–C) groups is 1. The van der Waals surface area contributed by atoms with Gasteiger partial charge in [0.2, 0.25) is 0 Å². The highest BCUT2D eigenvalue weighted by molar-refractivity contribution is 7.82. The van der Waals surface area contributed by atoms with E-state index < -0.39 is 11.0 Å². The Morgan fingerprint density at radius 1 is 1.21 bits per heavy atom. The zero-order chi connectivity index (χ0) is 24.2. The summed E-state index contributed by atoms with van der Waals surface area (Å²) in [5.41, 5.74) is 1.78. The third kappa shape index (κ3) is 5.40. The average Bonchev–Trinajstić information content (AvgIpc) is 2.85. The van der Waals surface area contributed by atoms with Crippen molar-refractivity contribution >= 4 is 40.3 Å². The number of piperidine rings is 1. The summed E-state index contributed by atoms with van der Waals surface area (Å²) in [6.45, 7) is 3.29. The van der Waals surface area contributed by atoms with Crippen LogP contribution in [0.4, 0.5) is 4.39 Å². The van der Waals surface area contributed by atoms with E-state index in [4.69, 9.17) is 22.0 Å². The molecule has 2 heterocycles. The number of nitrogens with one attached hydrogen (secondary N) is 2. The molecule has 34 heavy (non-hydrogen) atoms. The molecule has 1 fully saturated rings. The summed E-state index contributed by atoms with van der Waals surface area (Å²) >= 11 is 6.47. The summed E-state index contributed by atoms with van der Waals surface area (Å²) in [7, 11) is 0.674. The van der Waals surface area contributed by atoms with Crippen molar-refractivity contribution in [2.75, 3.05) is 20.1 Å². The van der Waals surface area contributed by atoms with Crippen LogP contribution < -0.4 is 5.32 Å². The largest absolute Gasteiger partial charge is 0.364 e. The molecule has 2 aliphatic heterocycles. The average molecular weight is 502 g/mol. The second kappa shape index (κ2) is 10.8. The molecule has 9 heteroatoms. The first-order valence-corrected chi connectivity index (χ1v) is 12.8. The van der Waals surface area contributed by atoms with Crippen molar-refractivity contribution in [3.63, 3.8) is 0 Å². The Morgan fingerprint density at radius 2 is 1.88 bits per heavy atom. The third-order valence-corrected chi connectivity index (χ3v) is 8.11. The minimum Gasteiger partial charge on any atom is -0.364 e. The maximum Gasteiger partial charge on any atom is 0.127 e. The highest BCUT2D eigenvalue weighted by Crippen LogP contribution is 2.28. The number of rotatable bonds is 6. The van der Waals surface area contributed by atoms with Crippen LogP contribution in [-0.4, -0.2) is 57.8 Å². The van der Waals surface area contributed by atoms with Crippen LogP contribution in [0.5, 0.6) is 0 Å². The highest BCUT2D eigenvalue weighted by atomic mass is 35.5. The second-order valence-electron chi connectivity index (χ2n) is 8.61. The first kappa shape index (κ1) is 24.6. The summed E-state index contributed by atoms with van der Waals surface area (Å²) < 4.78 is 28.0. The molecule has 0 aromatic heterocycles. The predicted molar refractivity (Wildman–Crippen MR) is 137 cm³/mol. The van der Waals surface area contributed by atoms with Crippen molar-refractivity contribution in [3.05, 3.63) is 71.0 Å². The van der Waals surface area contributed by atoms with Crippen molar-refractivity contribution < 1.29 is 8.60 Å². The van der Waals surface area contributed by atoms with Crippen LogP contribution in [0.25, 0.3) is 5.70 Å². The van der Waals surface area contributed by atoms with Crippen molar-refractivity contribution in [3.8, 4) is 0 Å². The molecule has 3 unspecified atom stereocenters. The maximum absolute atomic E-state index is 13.2. The quantitative estimate of drug-likeness (QED) is 0.570. The molecule has 0 saturated carbocycles. The molecule has 180 valence electrons. The Kier molecular flexibility index (Phi) is 7.80. The molecule has 2 aromatic rings. The number of likely N-dealkylation sites (N-methyl/N-ethyl adjacent to an activating group) is 1. The summed E-state index contributed by atoms with van der Waals surface area (Å²) in [5.74, 6) is 0.466. The molecule has 0 amide bonds. The Balaban J connectivity index is 1.52. The highest BCUT2D eigenvalue weighted by Gasteiger charge is 2.30. The molecule has 2 aromatic carbocycles. The lowest BCUT2D eigenvalue weighted by Gasteiger charge is -2.39. The van der Waals surface area contributed by atoms with Crippen LogP contribution in [0, 0.1) is 17.1 Å². The summed E-state index contributed by atoms with van der Waals surface area (Å²) in [5, 5.41) is 12.0. The minimum atomic E-state index is -1.31. The van der Waals surface area contributed by atoms with Gasteiger partial charge in [-0.3, -0.25) is 4.99 Å². The molecular weight excluding hydrogens is 473 g/mol. The number of hydrogen-bond donors (Lipinski definition) is 2. The monoisotopic (exact) mass is 501 g/mol. The lowest BCUT2D eigenvalue weighted by Crippen LogP contribution is -2.53. The maximum atomic E-state index is 13.2. The molecule has 0 radical (unpaired) electrons. The van der Waals surface area contributed by atoms with Gasteiger partial charge in [0, 0.05) is 54.6 Å². The van der Waals surface area contributed by atoms with Gasteiger partial charge in [-0.1, -0.05) is 36.7 Å². The van der Waals surface area contributed by atoms with E-state index in [0.29, 0.717) is 23.0 Å². The second-order valence-corrected chi connectivity index (χ2v) is 10.5. The van der Waals surface area contributed by atoms with E-state index in [0.717, 1.165) is 29.9 Å². The fraction of sp³-hybridized carbons (Fsp3) is 0.360. The number of nitrogens with zero attached hydrogens (tertiary/aromatic N) is 3. The fourth-order valence-corrected chi connectivity index (χ4v) is 5.68. The van der Waals surface area contributed by atoms with Gasteiger partial charge < -0.3 is 15.6 Å². The predicted octanol–water partition coefficient (Wildman–Crippen LogP) is 4.55. The van der Waals surface area contributed by atoms with Crippen LogP contribution in [0.1, 0.15) is 25.3 Å². The van der Waals surface area contributed by atoms with Gasteiger partial charge in [-0.25, -0.2) is 12.9 Å². The number of hydrogen-bond acceptors (Lipinski definition) is 4. The molecule has 4 rings (SSSR count). The van der Waals surface area contributed by atoms with E-state index >= 15 is 0 Å². The molecule has 2 aliphatic rings. The molecule has 6 nitrogen and oxygen atoms in total. The Labute approximate surface area is 207 Å². The first-order valence-electron chi connectivity index (χ1n) is 11.3. The molecule has 1 saturated heterocycles. The zero-order valence-corrected chi connectivity index (χ0v) is 20.8. The van der Waals surface area contributed by atoms with Gasteiger partial charge >= 0.3 is 0 Å². The SMILES string of the molecule is CC(C=N)C1NC(c2ccccc2Cl)=CC(=NC2CCN(S(=O)c3ccc(F)cc3)CC2)N1C. The van der Waals surface area contributed by atoms with Crippen molar-refractivity contribution in [2.24, 2.45) is 10.9 Å². The lowest BCUT2D eigenvalue weighted by atomic mass is 10.0. The number of benzene rings is 2. The van der Waals surface area contributed by atoms with E-state index in [1.165, 1.54) is 18.3 Å². The molecule has 0 aliphatic carbocycles. The van der Waals surface area contributed by atoms with Gasteiger partial charge in [0.05, 0.1) is 10.9 Å². The van der Waals surface area contributed by atoms with Gasteiger partial charge in [-0.05, 0) is 43.2 Å². The van der Waals surface area contributed by atoms with Gasteiger partial charge in [0.15, 0.2) is 0 Å². The van der Waals surface area contributed by atoms with Gasteiger partial charge in [-0.2, -0.15) is 0 Å². The zero-order valence-electron chi connectivity index (χ0n) is 19.2. The van der Waals surface area contributed by atoms with Crippen molar-refractivity contribution in [1.82, 2.24) is 14.5 Å². The van der Waals surface area contributed by atoms with Crippen LogP contribution in [0.2, 0.25) is 5.02 Å².